The van der Waals surface area contributed by atoms with Crippen LogP contribution in [0, 0.1) is 23.7 Å². The van der Waals surface area contributed by atoms with E-state index in [0.717, 1.165) is 55.7 Å². The third kappa shape index (κ3) is 4.76. The number of phenolic OH excluding ortho intramolecular Hbond substituents is 1. The van der Waals surface area contributed by atoms with Crippen molar-refractivity contribution in [3.63, 3.8) is 0 Å². The molecule has 0 amide bonds. The zero-order valence-electron chi connectivity index (χ0n) is 22.2. The summed E-state index contributed by atoms with van der Waals surface area (Å²) in [7, 11) is 0. The third-order valence-corrected chi connectivity index (χ3v) is 9.05. The summed E-state index contributed by atoms with van der Waals surface area (Å²) in [6.07, 6.45) is 8.38. The van der Waals surface area contributed by atoms with E-state index in [9.17, 15) is 5.11 Å². The molecule has 1 aliphatic carbocycles. The Morgan fingerprint density at radius 3 is 2.46 bits per heavy atom. The van der Waals surface area contributed by atoms with Crippen molar-refractivity contribution < 1.29 is 5.11 Å². The zero-order chi connectivity index (χ0) is 26.3. The fraction of sp³-hybridized carbons (Fsp3) is 0.452. The molecule has 8 heteroatoms. The predicted molar refractivity (Wildman–Crippen MR) is 153 cm³/mol. The second-order valence-electron chi connectivity index (χ2n) is 11.7. The van der Waals surface area contributed by atoms with Gasteiger partial charge in [0.25, 0.3) is 0 Å². The first-order chi connectivity index (χ1) is 19.1. The smallest absolute Gasteiger partial charge is 0.169 e. The van der Waals surface area contributed by atoms with Crippen LogP contribution in [-0.2, 0) is 0 Å². The third-order valence-electron chi connectivity index (χ3n) is 9.05. The largest absolute Gasteiger partial charge is 0.507 e. The van der Waals surface area contributed by atoms with Crippen molar-refractivity contribution in [2.45, 2.75) is 44.2 Å². The molecular formula is C31H35N7O. The number of para-hydroxylation sites is 1. The summed E-state index contributed by atoms with van der Waals surface area (Å²) in [5.74, 6) is 9.14. The summed E-state index contributed by atoms with van der Waals surface area (Å²) in [4.78, 5) is 12.0. The average molecular weight is 522 g/mol. The fourth-order valence-electron chi connectivity index (χ4n) is 7.32. The molecule has 3 N–H and O–H groups in total. The van der Waals surface area contributed by atoms with E-state index in [1.54, 1.807) is 12.1 Å². The van der Waals surface area contributed by atoms with E-state index in [1.807, 2.05) is 24.4 Å². The number of rotatable bonds is 4. The number of pyridine rings is 1. The number of aromatic hydroxyl groups is 1. The van der Waals surface area contributed by atoms with Gasteiger partial charge in [0.05, 0.1) is 17.9 Å². The molecule has 39 heavy (non-hydrogen) atoms. The van der Waals surface area contributed by atoms with Crippen LogP contribution in [0.2, 0.25) is 0 Å². The highest BCUT2D eigenvalue weighted by molar-refractivity contribution is 5.74. The van der Waals surface area contributed by atoms with Gasteiger partial charge in [-0.25, -0.2) is 4.98 Å². The first-order valence-electron chi connectivity index (χ1n) is 14.2. The number of hydrogen-bond acceptors (Lipinski definition) is 8. The summed E-state index contributed by atoms with van der Waals surface area (Å²) >= 11 is 0. The summed E-state index contributed by atoms with van der Waals surface area (Å²) in [5, 5.41) is 18.8. The quantitative estimate of drug-likeness (QED) is 0.501. The van der Waals surface area contributed by atoms with Gasteiger partial charge in [0.2, 0.25) is 0 Å². The van der Waals surface area contributed by atoms with E-state index >= 15 is 0 Å². The molecule has 4 unspecified atom stereocenters. The van der Waals surface area contributed by atoms with Crippen molar-refractivity contribution in [3.8, 4) is 28.8 Å². The monoisotopic (exact) mass is 521 g/mol. The van der Waals surface area contributed by atoms with Gasteiger partial charge in [-0.1, -0.05) is 18.1 Å². The van der Waals surface area contributed by atoms with Crippen LogP contribution in [0.4, 0.5) is 17.2 Å². The number of nitrogens with two attached hydrogens (primary N) is 1. The van der Waals surface area contributed by atoms with Crippen LogP contribution in [0.25, 0.3) is 11.3 Å². The maximum atomic E-state index is 10.3. The molecule has 1 aromatic carbocycles. The summed E-state index contributed by atoms with van der Waals surface area (Å²) in [6, 6.07) is 14.2. The van der Waals surface area contributed by atoms with Gasteiger partial charge >= 0.3 is 0 Å². The lowest BCUT2D eigenvalue weighted by Gasteiger charge is -2.43. The predicted octanol–water partition coefficient (Wildman–Crippen LogP) is 3.77. The number of nitrogen functional groups attached to an aromatic ring is 1. The maximum absolute atomic E-state index is 10.3. The Bertz CT molecular complexity index is 1410. The Balaban J connectivity index is 1.06. The van der Waals surface area contributed by atoms with E-state index in [1.165, 1.54) is 38.0 Å². The molecule has 0 radical (unpaired) electrons. The van der Waals surface area contributed by atoms with Crippen molar-refractivity contribution in [1.29, 1.82) is 0 Å². The van der Waals surface area contributed by atoms with Crippen LogP contribution >= 0.6 is 0 Å². The van der Waals surface area contributed by atoms with E-state index in [4.69, 9.17) is 5.73 Å². The number of hydrogen-bond donors (Lipinski definition) is 2. The molecule has 4 bridgehead atoms. The van der Waals surface area contributed by atoms with Crippen LogP contribution < -0.4 is 15.5 Å². The molecule has 200 valence electrons. The van der Waals surface area contributed by atoms with E-state index in [2.05, 4.69) is 53.9 Å². The first-order valence-corrected chi connectivity index (χ1v) is 14.2. The lowest BCUT2D eigenvalue weighted by atomic mass is 9.99. The molecule has 4 fully saturated rings. The lowest BCUT2D eigenvalue weighted by molar-refractivity contribution is 0.187. The van der Waals surface area contributed by atoms with Crippen LogP contribution in [0.3, 0.4) is 0 Å². The van der Waals surface area contributed by atoms with Crippen LogP contribution in [-0.4, -0.2) is 70.0 Å². The number of piperidine rings is 1. The van der Waals surface area contributed by atoms with Crippen LogP contribution in [0.5, 0.6) is 5.75 Å². The number of anilines is 3. The Morgan fingerprint density at radius 1 is 0.923 bits per heavy atom. The van der Waals surface area contributed by atoms with Gasteiger partial charge in [0, 0.05) is 55.7 Å². The highest BCUT2D eigenvalue weighted by Crippen LogP contribution is 2.39. The van der Waals surface area contributed by atoms with Gasteiger partial charge < -0.3 is 20.6 Å². The summed E-state index contributed by atoms with van der Waals surface area (Å²) in [5.41, 5.74) is 10.5. The first kappa shape index (κ1) is 24.2. The number of nitrogens with zero attached hydrogens (tertiary/aromatic N) is 6. The number of likely N-dealkylation sites (tertiary alicyclic amines) is 1. The molecule has 2 aromatic heterocycles. The van der Waals surface area contributed by atoms with Gasteiger partial charge in [-0.2, -0.15) is 0 Å². The SMILES string of the molecule is Nc1nnc(-c2ccccc2O)cc1N1CC2CCC(C1)N2c1ccnc(C#CCN2CC3CCC(C3)C2)c1. The molecule has 1 saturated carbocycles. The normalized spacial score (nSPS) is 25.9. The number of fused-ring (bicyclic) bond motifs is 4. The summed E-state index contributed by atoms with van der Waals surface area (Å²) < 4.78 is 0. The molecule has 0 spiro atoms. The van der Waals surface area contributed by atoms with Crippen molar-refractivity contribution in [1.82, 2.24) is 20.1 Å². The van der Waals surface area contributed by atoms with Gasteiger partial charge in [-0.3, -0.25) is 4.90 Å². The van der Waals surface area contributed by atoms with Crippen molar-refractivity contribution in [2.75, 3.05) is 48.3 Å². The van der Waals surface area contributed by atoms with E-state index in [0.29, 0.717) is 29.2 Å². The molecule has 7 rings (SSSR count). The molecule has 4 aliphatic rings. The minimum absolute atomic E-state index is 0.187. The fourth-order valence-corrected chi connectivity index (χ4v) is 7.32. The maximum Gasteiger partial charge on any atom is 0.169 e. The van der Waals surface area contributed by atoms with Gasteiger partial charge in [0.15, 0.2) is 5.82 Å². The average Bonchev–Trinajstić information content (AvgIpc) is 3.43. The zero-order valence-corrected chi connectivity index (χ0v) is 22.2. The lowest BCUT2D eigenvalue weighted by Crippen LogP contribution is -2.54. The number of benzene rings is 1. The van der Waals surface area contributed by atoms with Crippen LogP contribution in [0.15, 0.2) is 48.7 Å². The second kappa shape index (κ2) is 10.0. The van der Waals surface area contributed by atoms with E-state index in [-0.39, 0.29) is 5.75 Å². The summed E-state index contributed by atoms with van der Waals surface area (Å²) in [6.45, 7) is 4.96. The second-order valence-corrected chi connectivity index (χ2v) is 11.7. The molecular weight excluding hydrogens is 486 g/mol. The highest BCUT2D eigenvalue weighted by Gasteiger charge is 2.41. The molecule has 3 aliphatic heterocycles. The van der Waals surface area contributed by atoms with Gasteiger partial charge in [0.1, 0.15) is 11.4 Å². The standard InChI is InChI=1S/C31H35N7O/c32-31-29(16-28(34-35-31)27-5-1-2-6-30(27)39)37-19-25-9-10-26(20-37)38(25)24-11-12-33-23(15-24)4-3-13-36-17-21-7-8-22(14-21)18-36/h1-2,5-6,11-12,15-16,21-22,25-26,39H,7-10,13-14,17-20H2,(H2,32,35). The highest BCUT2D eigenvalue weighted by atomic mass is 16.3. The number of piperazine rings is 1. The van der Waals surface area contributed by atoms with Crippen molar-refractivity contribution in [3.05, 3.63) is 54.4 Å². The Hall–Kier alpha value is -3.83. The molecule has 3 saturated heterocycles. The number of aromatic nitrogens is 3. The Labute approximate surface area is 229 Å². The van der Waals surface area contributed by atoms with Gasteiger partial charge in [-0.15, -0.1) is 10.2 Å². The molecule has 5 heterocycles. The Morgan fingerprint density at radius 2 is 1.69 bits per heavy atom. The van der Waals surface area contributed by atoms with Crippen molar-refractivity contribution >= 4 is 17.2 Å². The minimum atomic E-state index is 0.187. The van der Waals surface area contributed by atoms with E-state index < -0.39 is 0 Å². The number of phenols is 1. The van der Waals surface area contributed by atoms with Crippen molar-refractivity contribution in [2.24, 2.45) is 11.8 Å². The Kier molecular flexibility index (Phi) is 6.24. The minimum Gasteiger partial charge on any atom is -0.507 e. The molecule has 8 nitrogen and oxygen atoms in total. The molecule has 3 aromatic rings. The molecule has 4 atom stereocenters. The topological polar surface area (TPSA) is 94.6 Å². The van der Waals surface area contributed by atoms with Gasteiger partial charge in [-0.05, 0) is 80.2 Å². The van der Waals surface area contributed by atoms with Crippen LogP contribution in [0.1, 0.15) is 37.8 Å².